The van der Waals surface area contributed by atoms with Crippen LogP contribution < -0.4 is 0 Å². The Bertz CT molecular complexity index is 581. The van der Waals surface area contributed by atoms with Gasteiger partial charge in [0.05, 0.1) is 0 Å². The maximum Gasteiger partial charge on any atom is 0.0465 e. The molecule has 0 spiro atoms. The molecule has 5 nitrogen and oxygen atoms in total. The van der Waals surface area contributed by atoms with Crippen LogP contribution in [0.25, 0.3) is 10.4 Å². The molecule has 1 fully saturated rings. The number of azide groups is 1. The lowest BCUT2D eigenvalue weighted by Crippen LogP contribution is -2.31. The monoisotopic (exact) mass is 409 g/mol. The lowest BCUT2D eigenvalue weighted by Gasteiger charge is -2.27. The standard InChI is InChI=1S/C18H27N5S3/c19-21-20-18-16-2-1-3-17(18)15-23-5-9-24-8-4-22(14-16)6-10-25-12-13-26-11-7-23/h1-3H,4-15H2. The third kappa shape index (κ3) is 6.29. The molecule has 3 aliphatic heterocycles. The van der Waals surface area contributed by atoms with Gasteiger partial charge in [0, 0.05) is 84.4 Å². The third-order valence-corrected chi connectivity index (χ3v) is 7.84. The van der Waals surface area contributed by atoms with E-state index in [-0.39, 0.29) is 0 Å². The van der Waals surface area contributed by atoms with E-state index >= 15 is 0 Å². The summed E-state index contributed by atoms with van der Waals surface area (Å²) in [5, 5.41) is 4.11. The van der Waals surface area contributed by atoms with Crippen molar-refractivity contribution in [3.8, 4) is 0 Å². The Morgan fingerprint density at radius 1 is 0.769 bits per heavy atom. The van der Waals surface area contributed by atoms with E-state index in [1.165, 1.54) is 45.6 Å². The summed E-state index contributed by atoms with van der Waals surface area (Å²) in [6.45, 7) is 6.14. The molecule has 3 aliphatic rings. The predicted octanol–water partition coefficient (Wildman–Crippen LogP) is 4.46. The Kier molecular flexibility index (Phi) is 8.85. The topological polar surface area (TPSA) is 55.2 Å². The first-order valence-electron chi connectivity index (χ1n) is 9.20. The molecule has 0 amide bonds. The Labute approximate surface area is 169 Å². The van der Waals surface area contributed by atoms with Gasteiger partial charge in [0.2, 0.25) is 0 Å². The van der Waals surface area contributed by atoms with Gasteiger partial charge in [-0.2, -0.15) is 35.3 Å². The van der Waals surface area contributed by atoms with Crippen LogP contribution in [0.2, 0.25) is 0 Å². The second kappa shape index (κ2) is 11.4. The van der Waals surface area contributed by atoms with Crippen LogP contribution in [-0.4, -0.2) is 70.5 Å². The van der Waals surface area contributed by atoms with Crippen LogP contribution in [-0.2, 0) is 13.1 Å². The first-order valence-corrected chi connectivity index (χ1v) is 12.7. The zero-order valence-electron chi connectivity index (χ0n) is 15.2. The summed E-state index contributed by atoms with van der Waals surface area (Å²) in [4.78, 5) is 8.20. The van der Waals surface area contributed by atoms with E-state index in [9.17, 15) is 0 Å². The van der Waals surface area contributed by atoms with Gasteiger partial charge in [0.1, 0.15) is 0 Å². The third-order valence-electron chi connectivity index (χ3n) is 4.72. The van der Waals surface area contributed by atoms with Crippen molar-refractivity contribution in [1.29, 1.82) is 0 Å². The summed E-state index contributed by atoms with van der Waals surface area (Å²) in [6.07, 6.45) is 0. The van der Waals surface area contributed by atoms with E-state index in [4.69, 9.17) is 5.53 Å². The second-order valence-corrected chi connectivity index (χ2v) is 10.2. The maximum atomic E-state index is 9.12. The molecule has 26 heavy (non-hydrogen) atoms. The Hall–Kier alpha value is -0.500. The Balaban J connectivity index is 1.93. The summed E-state index contributed by atoms with van der Waals surface area (Å²) in [5.74, 6) is 7.17. The maximum absolute atomic E-state index is 9.12. The fourth-order valence-electron chi connectivity index (χ4n) is 3.29. The molecular formula is C18H27N5S3. The highest BCUT2D eigenvalue weighted by atomic mass is 32.2. The van der Waals surface area contributed by atoms with Crippen LogP contribution >= 0.6 is 35.3 Å². The lowest BCUT2D eigenvalue weighted by atomic mass is 10.1. The molecule has 3 heterocycles. The van der Waals surface area contributed by atoms with Crippen LogP contribution in [0.5, 0.6) is 0 Å². The number of hydrogen-bond donors (Lipinski definition) is 0. The average molecular weight is 410 g/mol. The van der Waals surface area contributed by atoms with Crippen LogP contribution in [0.15, 0.2) is 23.3 Å². The predicted molar refractivity (Wildman–Crippen MR) is 118 cm³/mol. The van der Waals surface area contributed by atoms with Crippen LogP contribution in [0.1, 0.15) is 11.1 Å². The quantitative estimate of drug-likeness (QED) is 0.389. The van der Waals surface area contributed by atoms with E-state index in [1.807, 2.05) is 0 Å². The van der Waals surface area contributed by atoms with Gasteiger partial charge in [-0.15, -0.1) is 0 Å². The average Bonchev–Trinajstić information content (AvgIpc) is 2.65. The molecule has 1 aromatic rings. The molecule has 0 aromatic heterocycles. The summed E-state index contributed by atoms with van der Waals surface area (Å²) in [7, 11) is 0. The molecule has 4 rings (SSSR count). The lowest BCUT2D eigenvalue weighted by molar-refractivity contribution is 0.294. The SMILES string of the molecule is [N-]=[N+]=Nc1c2cccc1CN1CCSCCSCCN(CCSCC1)C2. The van der Waals surface area contributed by atoms with Gasteiger partial charge >= 0.3 is 0 Å². The molecule has 4 bridgehead atoms. The van der Waals surface area contributed by atoms with Gasteiger partial charge in [0.15, 0.2) is 0 Å². The minimum absolute atomic E-state index is 0.855. The van der Waals surface area contributed by atoms with Gasteiger partial charge in [-0.3, -0.25) is 9.80 Å². The molecule has 1 aromatic carbocycles. The van der Waals surface area contributed by atoms with Crippen LogP contribution in [0, 0.1) is 0 Å². The Morgan fingerprint density at radius 2 is 1.23 bits per heavy atom. The molecule has 0 N–H and O–H groups in total. The number of rotatable bonds is 1. The van der Waals surface area contributed by atoms with Gasteiger partial charge in [-0.25, -0.2) is 0 Å². The summed E-state index contributed by atoms with van der Waals surface area (Å²) in [5.41, 5.74) is 12.3. The van der Waals surface area contributed by atoms with Gasteiger partial charge in [-0.1, -0.05) is 23.3 Å². The summed E-state index contributed by atoms with van der Waals surface area (Å²) < 4.78 is 0. The fraction of sp³-hybridized carbons (Fsp3) is 0.667. The number of nitrogens with zero attached hydrogens (tertiary/aromatic N) is 5. The molecular weight excluding hydrogens is 382 g/mol. The minimum Gasteiger partial charge on any atom is -0.297 e. The number of thioether (sulfide) groups is 3. The zero-order valence-corrected chi connectivity index (χ0v) is 17.6. The van der Waals surface area contributed by atoms with E-state index in [2.05, 4.69) is 73.3 Å². The van der Waals surface area contributed by atoms with Crippen molar-refractivity contribution < 1.29 is 0 Å². The molecule has 0 radical (unpaired) electrons. The highest BCUT2D eigenvalue weighted by Crippen LogP contribution is 2.28. The van der Waals surface area contributed by atoms with Crippen LogP contribution in [0.4, 0.5) is 5.69 Å². The van der Waals surface area contributed by atoms with E-state index in [0.29, 0.717) is 0 Å². The van der Waals surface area contributed by atoms with Crippen molar-refractivity contribution in [2.45, 2.75) is 13.1 Å². The largest absolute Gasteiger partial charge is 0.297 e. The van der Waals surface area contributed by atoms with Gasteiger partial charge < -0.3 is 0 Å². The fourth-order valence-corrected chi connectivity index (χ4v) is 6.40. The van der Waals surface area contributed by atoms with Crippen molar-refractivity contribution in [3.05, 3.63) is 39.8 Å². The number of benzene rings is 1. The number of fused-ring (bicyclic) bond motifs is 11. The van der Waals surface area contributed by atoms with E-state index in [1.54, 1.807) is 0 Å². The van der Waals surface area contributed by atoms with Crippen molar-refractivity contribution in [1.82, 2.24) is 9.80 Å². The molecule has 2 atom stereocenters. The first kappa shape index (κ1) is 20.2. The first-order chi connectivity index (χ1) is 12.9. The van der Waals surface area contributed by atoms with Crippen molar-refractivity contribution >= 4 is 41.0 Å². The molecule has 142 valence electrons. The molecule has 0 saturated carbocycles. The molecule has 8 heteroatoms. The van der Waals surface area contributed by atoms with Crippen molar-refractivity contribution in [3.63, 3.8) is 0 Å². The summed E-state index contributed by atoms with van der Waals surface area (Å²) in [6, 6.07) is 6.38. The van der Waals surface area contributed by atoms with Crippen molar-refractivity contribution in [2.75, 3.05) is 60.7 Å². The molecule has 2 unspecified atom stereocenters. The highest BCUT2D eigenvalue weighted by molar-refractivity contribution is 8.02. The van der Waals surface area contributed by atoms with Gasteiger partial charge in [-0.05, 0) is 16.7 Å². The Morgan fingerprint density at radius 3 is 1.69 bits per heavy atom. The zero-order chi connectivity index (χ0) is 18.0. The second-order valence-electron chi connectivity index (χ2n) is 6.50. The highest BCUT2D eigenvalue weighted by Gasteiger charge is 2.16. The van der Waals surface area contributed by atoms with Crippen LogP contribution in [0.3, 0.4) is 0 Å². The smallest absolute Gasteiger partial charge is 0.0465 e. The molecule has 1 saturated heterocycles. The number of hydrogen-bond acceptors (Lipinski definition) is 6. The van der Waals surface area contributed by atoms with E-state index < -0.39 is 0 Å². The molecule has 0 aliphatic carbocycles. The minimum atomic E-state index is 0.855. The summed E-state index contributed by atoms with van der Waals surface area (Å²) >= 11 is 6.19. The van der Waals surface area contributed by atoms with Gasteiger partial charge in [0.25, 0.3) is 0 Å². The normalized spacial score (nSPS) is 25.7. The van der Waals surface area contributed by atoms with Crippen molar-refractivity contribution in [2.24, 2.45) is 5.11 Å². The van der Waals surface area contributed by atoms with E-state index in [0.717, 1.165) is 45.0 Å².